The van der Waals surface area contributed by atoms with E-state index in [9.17, 15) is 24.1 Å². The van der Waals surface area contributed by atoms with E-state index in [1.165, 1.54) is 12.1 Å². The Labute approximate surface area is 151 Å². The van der Waals surface area contributed by atoms with Crippen LogP contribution < -0.4 is 15.1 Å². The molecule has 0 aliphatic heterocycles. The van der Waals surface area contributed by atoms with Gasteiger partial charge in [-0.1, -0.05) is 33.3 Å². The summed E-state index contributed by atoms with van der Waals surface area (Å²) in [5.74, 6) is -0.256. The van der Waals surface area contributed by atoms with Crippen LogP contribution in [0.2, 0.25) is 0 Å². The van der Waals surface area contributed by atoms with Crippen molar-refractivity contribution in [3.8, 4) is 5.75 Å². The molecule has 12 heteroatoms. The SMILES string of the molecule is CC.CCCCNP(=O)(Oc1ccc(C)cc1[N+](=O)[O-])SP(N)(=O)O. The summed E-state index contributed by atoms with van der Waals surface area (Å²) >= 11 is 0.0626. The second-order valence-electron chi connectivity index (χ2n) is 4.72. The highest BCUT2D eigenvalue weighted by Gasteiger charge is 2.36. The molecule has 0 aliphatic rings. The topological polar surface area (TPSA) is 145 Å². The zero-order chi connectivity index (χ0) is 19.7. The quantitative estimate of drug-likeness (QED) is 0.229. The fourth-order valence-corrected chi connectivity index (χ4v) is 8.21. The van der Waals surface area contributed by atoms with E-state index in [0.717, 1.165) is 6.42 Å². The first kappa shape index (κ1) is 24.1. The number of nitro groups is 1. The van der Waals surface area contributed by atoms with Crippen LogP contribution in [0.15, 0.2) is 18.2 Å². The second-order valence-corrected chi connectivity index (χ2v) is 12.5. The average molecular weight is 413 g/mol. The van der Waals surface area contributed by atoms with Gasteiger partial charge in [-0.3, -0.25) is 20.2 Å². The number of aryl methyl sites for hydroxylation is 1. The summed E-state index contributed by atoms with van der Waals surface area (Å²) in [6, 6.07) is 4.10. The van der Waals surface area contributed by atoms with Gasteiger partial charge in [-0.15, -0.1) is 0 Å². The Balaban J connectivity index is 0.00000277. The Morgan fingerprint density at radius 3 is 2.48 bits per heavy atom. The Morgan fingerprint density at radius 1 is 1.40 bits per heavy atom. The van der Waals surface area contributed by atoms with Crippen LogP contribution in [-0.2, 0) is 9.13 Å². The number of nitro benzene ring substituents is 1. The zero-order valence-corrected chi connectivity index (χ0v) is 17.3. The van der Waals surface area contributed by atoms with Gasteiger partial charge in [0.1, 0.15) is 0 Å². The number of hydrogen-bond acceptors (Lipinski definition) is 6. The van der Waals surface area contributed by atoms with Crippen molar-refractivity contribution in [1.29, 1.82) is 0 Å². The molecular formula is C13H25N3O6P2S. The third-order valence-corrected chi connectivity index (χ3v) is 10.1. The van der Waals surface area contributed by atoms with Gasteiger partial charge in [0.2, 0.25) is 5.75 Å². The highest BCUT2D eigenvalue weighted by molar-refractivity contribution is 8.85. The van der Waals surface area contributed by atoms with E-state index < -0.39 is 18.4 Å². The molecule has 0 saturated carbocycles. The van der Waals surface area contributed by atoms with Crippen LogP contribution in [0, 0.1) is 17.0 Å². The van der Waals surface area contributed by atoms with E-state index in [4.69, 9.17) is 10.0 Å². The Bertz CT molecular complexity index is 667. The molecule has 25 heavy (non-hydrogen) atoms. The molecule has 4 N–H and O–H groups in total. The predicted molar refractivity (Wildman–Crippen MR) is 102 cm³/mol. The molecule has 0 spiro atoms. The molecule has 0 aliphatic carbocycles. The van der Waals surface area contributed by atoms with Crippen molar-refractivity contribution in [2.75, 3.05) is 6.54 Å². The van der Waals surface area contributed by atoms with E-state index in [1.807, 2.05) is 20.8 Å². The molecule has 2 atom stereocenters. The molecule has 1 rings (SSSR count). The van der Waals surface area contributed by atoms with Crippen molar-refractivity contribution in [2.45, 2.75) is 40.5 Å². The van der Waals surface area contributed by atoms with Gasteiger partial charge in [-0.25, -0.2) is 9.65 Å². The van der Waals surface area contributed by atoms with Gasteiger partial charge in [-0.2, -0.15) is 0 Å². The molecule has 0 amide bonds. The molecular weight excluding hydrogens is 388 g/mol. The first-order valence-corrected chi connectivity index (χ1v) is 13.1. The third-order valence-electron chi connectivity index (χ3n) is 2.59. The second kappa shape index (κ2) is 11.0. The lowest BCUT2D eigenvalue weighted by atomic mass is 10.2. The van der Waals surface area contributed by atoms with E-state index in [-0.39, 0.29) is 29.0 Å². The van der Waals surface area contributed by atoms with Crippen molar-refractivity contribution >= 4 is 30.1 Å². The standard InChI is InChI=1S/C11H19N3O6P2S.C2H6/c1-3-4-7-13-22(19,23-21(12,17)18)20-11-6-5-9(2)8-10(11)14(15)16;1-2/h5-6,8H,3-4,7H2,1-2H3,(H,13,19)(H3,12,17,18);1-2H3. The maximum Gasteiger partial charge on any atom is 0.384 e. The molecule has 0 heterocycles. The van der Waals surface area contributed by atoms with Crippen molar-refractivity contribution < 1.29 is 23.5 Å². The van der Waals surface area contributed by atoms with E-state index in [2.05, 4.69) is 5.09 Å². The number of nitrogens with two attached hydrogens (primary N) is 1. The first-order chi connectivity index (χ1) is 11.6. The molecule has 0 radical (unpaired) electrons. The summed E-state index contributed by atoms with van der Waals surface area (Å²) < 4.78 is 29.3. The van der Waals surface area contributed by atoms with Gasteiger partial charge in [0.15, 0.2) is 0 Å². The van der Waals surface area contributed by atoms with Crippen molar-refractivity contribution in [2.24, 2.45) is 5.50 Å². The van der Waals surface area contributed by atoms with Crippen LogP contribution in [0.4, 0.5) is 5.69 Å². The highest BCUT2D eigenvalue weighted by Crippen LogP contribution is 2.70. The zero-order valence-electron chi connectivity index (χ0n) is 14.7. The van der Waals surface area contributed by atoms with Crippen molar-refractivity contribution in [3.63, 3.8) is 0 Å². The van der Waals surface area contributed by atoms with Crippen LogP contribution in [-0.4, -0.2) is 16.4 Å². The first-order valence-electron chi connectivity index (χ1n) is 7.69. The van der Waals surface area contributed by atoms with Gasteiger partial charge < -0.3 is 9.42 Å². The average Bonchev–Trinajstić information content (AvgIpc) is 2.49. The predicted octanol–water partition coefficient (Wildman–Crippen LogP) is 4.60. The summed E-state index contributed by atoms with van der Waals surface area (Å²) in [7, 11) is 0. The van der Waals surface area contributed by atoms with Gasteiger partial charge in [0.05, 0.1) is 15.9 Å². The molecule has 9 nitrogen and oxygen atoms in total. The minimum atomic E-state index is -4.23. The number of nitrogens with zero attached hydrogens (tertiary/aromatic N) is 1. The monoisotopic (exact) mass is 413 g/mol. The maximum absolute atomic E-state index is 12.7. The lowest BCUT2D eigenvalue weighted by molar-refractivity contribution is -0.385. The molecule has 0 fully saturated rings. The van der Waals surface area contributed by atoms with Crippen LogP contribution in [0.5, 0.6) is 5.75 Å². The lowest BCUT2D eigenvalue weighted by Crippen LogP contribution is -2.14. The third kappa shape index (κ3) is 9.39. The largest absolute Gasteiger partial charge is 0.418 e. The number of unbranched alkanes of at least 4 members (excludes halogenated alkanes) is 1. The summed E-state index contributed by atoms with van der Waals surface area (Å²) in [6.07, 6.45) is 1.44. The fourth-order valence-electron chi connectivity index (χ4n) is 1.60. The Morgan fingerprint density at radius 2 is 2.00 bits per heavy atom. The molecule has 0 bridgehead atoms. The van der Waals surface area contributed by atoms with Gasteiger partial charge in [-0.05, 0) is 25.0 Å². The number of benzene rings is 1. The van der Waals surface area contributed by atoms with Crippen molar-refractivity contribution in [3.05, 3.63) is 33.9 Å². The van der Waals surface area contributed by atoms with Crippen LogP contribution in [0.3, 0.4) is 0 Å². The van der Waals surface area contributed by atoms with Gasteiger partial charge >= 0.3 is 19.1 Å². The lowest BCUT2D eigenvalue weighted by Gasteiger charge is -2.20. The molecule has 1 aromatic carbocycles. The number of nitrogens with one attached hydrogen (secondary N) is 1. The van der Waals surface area contributed by atoms with Crippen LogP contribution >= 0.6 is 24.4 Å². The molecule has 2 unspecified atom stereocenters. The maximum atomic E-state index is 12.7. The minimum Gasteiger partial charge on any atom is -0.418 e. The molecule has 144 valence electrons. The van der Waals surface area contributed by atoms with Crippen molar-refractivity contribution in [1.82, 2.24) is 5.09 Å². The minimum absolute atomic E-state index is 0.0626. The molecule has 0 aromatic heterocycles. The smallest absolute Gasteiger partial charge is 0.384 e. The summed E-state index contributed by atoms with van der Waals surface area (Å²) in [5, 5.41) is 13.6. The van der Waals surface area contributed by atoms with Gasteiger partial charge in [0, 0.05) is 12.6 Å². The molecule has 0 saturated heterocycles. The normalized spacial score (nSPS) is 15.3. The summed E-state index contributed by atoms with van der Waals surface area (Å²) in [4.78, 5) is 19.7. The fraction of sp³-hybridized carbons (Fsp3) is 0.538. The molecule has 1 aromatic rings. The van der Waals surface area contributed by atoms with Crippen LogP contribution in [0.1, 0.15) is 39.2 Å². The van der Waals surface area contributed by atoms with E-state index in [1.54, 1.807) is 13.0 Å². The highest BCUT2D eigenvalue weighted by atomic mass is 33.1. The summed E-state index contributed by atoms with van der Waals surface area (Å²) in [6.45, 7) is -0.358. The Hall–Kier alpha value is -0.890. The Kier molecular flexibility index (Phi) is 10.6. The van der Waals surface area contributed by atoms with Gasteiger partial charge in [0.25, 0.3) is 0 Å². The number of rotatable bonds is 9. The summed E-state index contributed by atoms with van der Waals surface area (Å²) in [5.41, 5.74) is 5.29. The van der Waals surface area contributed by atoms with E-state index >= 15 is 0 Å². The number of hydrogen-bond donors (Lipinski definition) is 3. The van der Waals surface area contributed by atoms with Crippen LogP contribution in [0.25, 0.3) is 0 Å². The van der Waals surface area contributed by atoms with E-state index in [0.29, 0.717) is 12.0 Å².